The van der Waals surface area contributed by atoms with Crippen molar-refractivity contribution in [3.63, 3.8) is 0 Å². The summed E-state index contributed by atoms with van der Waals surface area (Å²) in [6.07, 6.45) is 3.55. The highest BCUT2D eigenvalue weighted by atomic mass is 16.5. The first-order chi connectivity index (χ1) is 9.35. The van der Waals surface area contributed by atoms with Gasteiger partial charge in [-0.3, -0.25) is 0 Å². The Morgan fingerprint density at radius 1 is 1.32 bits per heavy atom. The standard InChI is InChI=1S/C16H26N2O/c1-3-8-14(17-4-2)13-18-11-7-12-19-16-10-6-5-9-15(16)18/h5-6,9-10,14,17H,3-4,7-8,11-13H2,1-2H3. The van der Waals surface area contributed by atoms with Crippen LogP contribution in [-0.4, -0.2) is 32.3 Å². The molecule has 0 radical (unpaired) electrons. The van der Waals surface area contributed by atoms with Crippen LogP contribution >= 0.6 is 0 Å². The smallest absolute Gasteiger partial charge is 0.142 e. The van der Waals surface area contributed by atoms with Crippen molar-refractivity contribution in [3.8, 4) is 5.75 Å². The molecule has 1 aromatic rings. The second-order valence-corrected chi connectivity index (χ2v) is 5.16. The molecular formula is C16H26N2O. The minimum absolute atomic E-state index is 0.571. The van der Waals surface area contributed by atoms with Crippen LogP contribution in [0, 0.1) is 0 Å². The van der Waals surface area contributed by atoms with Gasteiger partial charge in [0, 0.05) is 19.1 Å². The number of ether oxygens (including phenoxy) is 1. The number of nitrogens with one attached hydrogen (secondary N) is 1. The van der Waals surface area contributed by atoms with Crippen LogP contribution in [-0.2, 0) is 0 Å². The van der Waals surface area contributed by atoms with E-state index < -0.39 is 0 Å². The number of fused-ring (bicyclic) bond motifs is 1. The molecule has 0 amide bonds. The van der Waals surface area contributed by atoms with Crippen molar-refractivity contribution in [1.82, 2.24) is 5.32 Å². The maximum absolute atomic E-state index is 5.82. The average molecular weight is 262 g/mol. The Morgan fingerprint density at radius 2 is 2.16 bits per heavy atom. The lowest BCUT2D eigenvalue weighted by Crippen LogP contribution is -2.41. The Balaban J connectivity index is 2.10. The van der Waals surface area contributed by atoms with Crippen molar-refractivity contribution < 1.29 is 4.74 Å². The van der Waals surface area contributed by atoms with E-state index in [1.807, 2.05) is 0 Å². The summed E-state index contributed by atoms with van der Waals surface area (Å²) in [6, 6.07) is 8.98. The molecule has 0 aliphatic carbocycles. The molecule has 0 bridgehead atoms. The third-order valence-corrected chi connectivity index (χ3v) is 3.61. The van der Waals surface area contributed by atoms with Gasteiger partial charge in [0.15, 0.2) is 0 Å². The number of hydrogen-bond acceptors (Lipinski definition) is 3. The van der Waals surface area contributed by atoms with Gasteiger partial charge in [-0.2, -0.15) is 0 Å². The zero-order valence-corrected chi connectivity index (χ0v) is 12.2. The lowest BCUT2D eigenvalue weighted by Gasteiger charge is -2.29. The molecule has 19 heavy (non-hydrogen) atoms. The molecule has 1 N–H and O–H groups in total. The molecule has 0 saturated heterocycles. The van der Waals surface area contributed by atoms with Crippen LogP contribution in [0.4, 0.5) is 5.69 Å². The quantitative estimate of drug-likeness (QED) is 0.853. The zero-order chi connectivity index (χ0) is 13.5. The predicted molar refractivity (Wildman–Crippen MR) is 81.1 cm³/mol. The first-order valence-electron chi connectivity index (χ1n) is 7.55. The summed E-state index contributed by atoms with van der Waals surface area (Å²) in [5.74, 6) is 1.03. The summed E-state index contributed by atoms with van der Waals surface area (Å²) in [4.78, 5) is 2.48. The molecule has 1 aliphatic rings. The second-order valence-electron chi connectivity index (χ2n) is 5.16. The lowest BCUT2D eigenvalue weighted by molar-refractivity contribution is 0.322. The molecule has 106 valence electrons. The van der Waals surface area contributed by atoms with Crippen LogP contribution < -0.4 is 15.0 Å². The fraction of sp³-hybridized carbons (Fsp3) is 0.625. The van der Waals surface area contributed by atoms with Gasteiger partial charge in [-0.25, -0.2) is 0 Å². The van der Waals surface area contributed by atoms with Crippen molar-refractivity contribution in [1.29, 1.82) is 0 Å². The van der Waals surface area contributed by atoms with E-state index in [1.54, 1.807) is 0 Å². The Labute approximate surface area is 116 Å². The van der Waals surface area contributed by atoms with E-state index in [4.69, 9.17) is 4.74 Å². The summed E-state index contributed by atoms with van der Waals surface area (Å²) in [7, 11) is 0. The largest absolute Gasteiger partial charge is 0.491 e. The number of benzene rings is 1. The van der Waals surface area contributed by atoms with E-state index in [-0.39, 0.29) is 0 Å². The van der Waals surface area contributed by atoms with Gasteiger partial charge in [0.25, 0.3) is 0 Å². The minimum atomic E-state index is 0.571. The van der Waals surface area contributed by atoms with Crippen LogP contribution in [0.3, 0.4) is 0 Å². The average Bonchev–Trinajstić information content (AvgIpc) is 2.62. The summed E-state index contributed by atoms with van der Waals surface area (Å²) >= 11 is 0. The summed E-state index contributed by atoms with van der Waals surface area (Å²) in [6.45, 7) is 8.46. The van der Waals surface area contributed by atoms with E-state index in [0.717, 1.165) is 38.4 Å². The molecule has 3 nitrogen and oxygen atoms in total. The third kappa shape index (κ3) is 3.87. The van der Waals surface area contributed by atoms with Gasteiger partial charge in [-0.15, -0.1) is 0 Å². The Morgan fingerprint density at radius 3 is 2.95 bits per heavy atom. The maximum atomic E-state index is 5.82. The van der Waals surface area contributed by atoms with E-state index in [1.165, 1.54) is 18.5 Å². The fourth-order valence-corrected chi connectivity index (χ4v) is 2.75. The van der Waals surface area contributed by atoms with E-state index in [0.29, 0.717) is 6.04 Å². The van der Waals surface area contributed by atoms with Crippen molar-refractivity contribution in [3.05, 3.63) is 24.3 Å². The van der Waals surface area contributed by atoms with Crippen LogP contribution in [0.15, 0.2) is 24.3 Å². The SMILES string of the molecule is CCCC(CN1CCCOc2ccccc21)NCC. The first kappa shape index (κ1) is 14.2. The lowest BCUT2D eigenvalue weighted by atomic mass is 10.1. The van der Waals surface area contributed by atoms with Gasteiger partial charge >= 0.3 is 0 Å². The van der Waals surface area contributed by atoms with E-state index >= 15 is 0 Å². The van der Waals surface area contributed by atoms with Gasteiger partial charge in [0.1, 0.15) is 5.75 Å². The normalized spacial score (nSPS) is 16.4. The van der Waals surface area contributed by atoms with Crippen molar-refractivity contribution in [2.24, 2.45) is 0 Å². The molecule has 1 aromatic carbocycles. The van der Waals surface area contributed by atoms with Crippen LogP contribution in [0.25, 0.3) is 0 Å². The molecule has 0 spiro atoms. The van der Waals surface area contributed by atoms with Gasteiger partial charge in [-0.1, -0.05) is 32.4 Å². The zero-order valence-electron chi connectivity index (χ0n) is 12.2. The molecule has 1 aliphatic heterocycles. The Hall–Kier alpha value is -1.22. The highest BCUT2D eigenvalue weighted by molar-refractivity contribution is 5.59. The Kier molecular flexibility index (Phi) is 5.52. The predicted octanol–water partition coefficient (Wildman–Crippen LogP) is 3.05. The first-order valence-corrected chi connectivity index (χ1v) is 7.55. The number of rotatable bonds is 6. The molecule has 1 heterocycles. The number of nitrogens with zero attached hydrogens (tertiary/aromatic N) is 1. The van der Waals surface area contributed by atoms with Gasteiger partial charge in [0.05, 0.1) is 12.3 Å². The van der Waals surface area contributed by atoms with Crippen molar-refractivity contribution >= 4 is 5.69 Å². The summed E-state index contributed by atoms with van der Waals surface area (Å²) in [5.41, 5.74) is 1.25. The van der Waals surface area contributed by atoms with Gasteiger partial charge in [-0.05, 0) is 31.5 Å². The van der Waals surface area contributed by atoms with Crippen molar-refractivity contribution in [2.45, 2.75) is 39.2 Å². The third-order valence-electron chi connectivity index (χ3n) is 3.61. The number of anilines is 1. The Bertz CT molecular complexity index is 375. The maximum Gasteiger partial charge on any atom is 0.142 e. The molecule has 1 atom stereocenters. The summed E-state index contributed by atoms with van der Waals surface area (Å²) in [5, 5.41) is 3.60. The van der Waals surface area contributed by atoms with Gasteiger partial charge in [0.2, 0.25) is 0 Å². The molecule has 0 saturated carbocycles. The monoisotopic (exact) mass is 262 g/mol. The topological polar surface area (TPSA) is 24.5 Å². The summed E-state index contributed by atoms with van der Waals surface area (Å²) < 4.78 is 5.82. The van der Waals surface area contributed by atoms with Crippen LogP contribution in [0.2, 0.25) is 0 Å². The molecular weight excluding hydrogens is 236 g/mol. The van der Waals surface area contributed by atoms with Gasteiger partial charge < -0.3 is 15.0 Å². The second kappa shape index (κ2) is 7.39. The van der Waals surface area contributed by atoms with Crippen molar-refractivity contribution in [2.75, 3.05) is 31.1 Å². The van der Waals surface area contributed by atoms with Crippen LogP contribution in [0.1, 0.15) is 33.1 Å². The molecule has 0 fully saturated rings. The number of hydrogen-bond donors (Lipinski definition) is 1. The number of likely N-dealkylation sites (N-methyl/N-ethyl adjacent to an activating group) is 1. The highest BCUT2D eigenvalue weighted by Gasteiger charge is 2.18. The molecule has 3 heteroatoms. The molecule has 1 unspecified atom stereocenters. The van der Waals surface area contributed by atoms with Crippen LogP contribution in [0.5, 0.6) is 5.75 Å². The fourth-order valence-electron chi connectivity index (χ4n) is 2.75. The highest BCUT2D eigenvalue weighted by Crippen LogP contribution is 2.30. The van der Waals surface area contributed by atoms with E-state index in [9.17, 15) is 0 Å². The number of para-hydroxylation sites is 2. The molecule has 0 aromatic heterocycles. The minimum Gasteiger partial charge on any atom is -0.491 e. The van der Waals surface area contributed by atoms with E-state index in [2.05, 4.69) is 48.3 Å². The molecule has 2 rings (SSSR count).